The van der Waals surface area contributed by atoms with Gasteiger partial charge in [0.2, 0.25) is 0 Å². The van der Waals surface area contributed by atoms with Crippen LogP contribution in [0.1, 0.15) is 30.3 Å². The molecule has 1 unspecified atom stereocenters. The highest BCUT2D eigenvalue weighted by Gasteiger charge is 2.21. The number of anilines is 1. The predicted molar refractivity (Wildman–Crippen MR) is 70.5 cm³/mol. The number of fused-ring (bicyclic) bond motifs is 1. The van der Waals surface area contributed by atoms with Crippen molar-refractivity contribution in [2.45, 2.75) is 25.5 Å². The Morgan fingerprint density at radius 1 is 1.37 bits per heavy atom. The lowest BCUT2D eigenvalue weighted by Gasteiger charge is -2.23. The summed E-state index contributed by atoms with van der Waals surface area (Å²) in [5.41, 5.74) is 2.06. The molecule has 19 heavy (non-hydrogen) atoms. The summed E-state index contributed by atoms with van der Waals surface area (Å²) in [6.07, 6.45) is 1.37. The van der Waals surface area contributed by atoms with Crippen molar-refractivity contribution in [3.8, 4) is 0 Å². The average Bonchev–Trinajstić information content (AvgIpc) is 2.75. The Morgan fingerprint density at radius 2 is 2.21 bits per heavy atom. The second kappa shape index (κ2) is 4.97. The van der Waals surface area contributed by atoms with Gasteiger partial charge in [-0.05, 0) is 24.1 Å². The van der Waals surface area contributed by atoms with Crippen molar-refractivity contribution in [2.75, 3.05) is 11.4 Å². The molecule has 100 valence electrons. The van der Waals surface area contributed by atoms with E-state index < -0.39 is 0 Å². The van der Waals surface area contributed by atoms with Gasteiger partial charge in [-0.2, -0.15) is 4.80 Å². The third-order valence-electron chi connectivity index (χ3n) is 3.42. The highest BCUT2D eigenvalue weighted by molar-refractivity contribution is 5.55. The van der Waals surface area contributed by atoms with Crippen molar-refractivity contribution >= 4 is 5.69 Å². The normalized spacial score (nSPS) is 19.1. The van der Waals surface area contributed by atoms with Crippen LogP contribution in [0.15, 0.2) is 24.3 Å². The van der Waals surface area contributed by atoms with E-state index >= 15 is 0 Å². The van der Waals surface area contributed by atoms with E-state index in [2.05, 4.69) is 20.3 Å². The summed E-state index contributed by atoms with van der Waals surface area (Å²) in [5, 5.41) is 22.3. The topological polar surface area (TPSA) is 67.1 Å². The largest absolute Gasteiger partial charge is 0.388 e. The van der Waals surface area contributed by atoms with Crippen LogP contribution in [0.25, 0.3) is 0 Å². The Kier molecular flexibility index (Phi) is 3.16. The summed E-state index contributed by atoms with van der Waals surface area (Å²) in [7, 11) is 1.76. The minimum absolute atomic E-state index is 0.379. The molecule has 0 saturated heterocycles. The van der Waals surface area contributed by atoms with Gasteiger partial charge in [0, 0.05) is 17.8 Å². The fourth-order valence-electron chi connectivity index (χ4n) is 2.53. The van der Waals surface area contributed by atoms with Crippen LogP contribution < -0.4 is 4.90 Å². The molecule has 1 aromatic heterocycles. The zero-order valence-corrected chi connectivity index (χ0v) is 10.9. The van der Waals surface area contributed by atoms with Gasteiger partial charge in [-0.3, -0.25) is 0 Å². The molecule has 1 aliphatic heterocycles. The summed E-state index contributed by atoms with van der Waals surface area (Å²) >= 11 is 0. The van der Waals surface area contributed by atoms with Gasteiger partial charge >= 0.3 is 0 Å². The first kappa shape index (κ1) is 12.1. The molecule has 1 aliphatic rings. The molecule has 0 amide bonds. The van der Waals surface area contributed by atoms with E-state index in [1.54, 1.807) is 7.05 Å². The van der Waals surface area contributed by atoms with Crippen molar-refractivity contribution in [2.24, 2.45) is 7.05 Å². The lowest BCUT2D eigenvalue weighted by atomic mass is 10.0. The van der Waals surface area contributed by atoms with Crippen LogP contribution in [0.3, 0.4) is 0 Å². The summed E-state index contributed by atoms with van der Waals surface area (Å²) in [6, 6.07) is 7.99. The van der Waals surface area contributed by atoms with Gasteiger partial charge in [0.05, 0.1) is 19.7 Å². The van der Waals surface area contributed by atoms with Crippen molar-refractivity contribution in [3.05, 3.63) is 35.7 Å². The van der Waals surface area contributed by atoms with E-state index in [1.807, 2.05) is 24.3 Å². The smallest absolute Gasteiger partial charge is 0.193 e. The average molecular weight is 259 g/mol. The first-order chi connectivity index (χ1) is 9.24. The third kappa shape index (κ3) is 2.44. The zero-order chi connectivity index (χ0) is 13.2. The molecule has 2 heterocycles. The van der Waals surface area contributed by atoms with Crippen LogP contribution in [0.4, 0.5) is 5.69 Å². The summed E-state index contributed by atoms with van der Waals surface area (Å²) < 4.78 is 0. The van der Waals surface area contributed by atoms with Crippen molar-refractivity contribution in [3.63, 3.8) is 0 Å². The molecule has 1 aromatic carbocycles. The molecule has 6 nitrogen and oxygen atoms in total. The highest BCUT2D eigenvalue weighted by atomic mass is 16.3. The number of aliphatic hydroxyl groups excluding tert-OH is 1. The Morgan fingerprint density at radius 3 is 3.00 bits per heavy atom. The van der Waals surface area contributed by atoms with Crippen LogP contribution in [-0.2, 0) is 13.6 Å². The van der Waals surface area contributed by atoms with Crippen LogP contribution in [-0.4, -0.2) is 31.9 Å². The highest BCUT2D eigenvalue weighted by Crippen LogP contribution is 2.32. The van der Waals surface area contributed by atoms with E-state index in [0.717, 1.165) is 30.6 Å². The number of para-hydroxylation sites is 1. The minimum atomic E-state index is -0.379. The molecular formula is C13H17N5O. The molecule has 3 rings (SSSR count). The Labute approximate surface area is 111 Å². The zero-order valence-electron chi connectivity index (χ0n) is 10.9. The van der Waals surface area contributed by atoms with Gasteiger partial charge in [-0.25, -0.2) is 0 Å². The minimum Gasteiger partial charge on any atom is -0.388 e. The number of benzene rings is 1. The number of nitrogens with zero attached hydrogens (tertiary/aromatic N) is 5. The molecule has 2 aromatic rings. The maximum Gasteiger partial charge on any atom is 0.193 e. The number of aromatic nitrogens is 4. The van der Waals surface area contributed by atoms with E-state index in [4.69, 9.17) is 0 Å². The molecule has 0 aliphatic carbocycles. The molecule has 6 heteroatoms. The van der Waals surface area contributed by atoms with Crippen LogP contribution in [0, 0.1) is 0 Å². The second-order valence-corrected chi connectivity index (χ2v) is 4.83. The number of rotatable bonds is 2. The molecule has 0 fully saturated rings. The fourth-order valence-corrected chi connectivity index (χ4v) is 2.53. The predicted octanol–water partition coefficient (Wildman–Crippen LogP) is 1.04. The Bertz CT molecular complexity index is 568. The SMILES string of the molecule is Cn1nnc(CN2CCCC(O)c3ccccc32)n1. The van der Waals surface area contributed by atoms with Gasteiger partial charge in [0.15, 0.2) is 5.82 Å². The number of aliphatic hydroxyl groups is 1. The van der Waals surface area contributed by atoms with E-state index in [9.17, 15) is 5.11 Å². The van der Waals surface area contributed by atoms with Crippen molar-refractivity contribution in [1.82, 2.24) is 20.2 Å². The number of tetrazole rings is 1. The molecule has 1 atom stereocenters. The molecule has 0 saturated carbocycles. The first-order valence-corrected chi connectivity index (χ1v) is 6.49. The van der Waals surface area contributed by atoms with Gasteiger partial charge in [0.1, 0.15) is 0 Å². The monoisotopic (exact) mass is 259 g/mol. The third-order valence-corrected chi connectivity index (χ3v) is 3.42. The van der Waals surface area contributed by atoms with Crippen LogP contribution >= 0.6 is 0 Å². The van der Waals surface area contributed by atoms with Gasteiger partial charge in [0.25, 0.3) is 0 Å². The molecule has 0 bridgehead atoms. The number of hydrogen-bond acceptors (Lipinski definition) is 5. The lowest BCUT2D eigenvalue weighted by Crippen LogP contribution is -2.24. The molecule has 1 N–H and O–H groups in total. The number of hydrogen-bond donors (Lipinski definition) is 1. The molecule has 0 spiro atoms. The summed E-state index contributed by atoms with van der Waals surface area (Å²) in [6.45, 7) is 1.52. The Balaban J connectivity index is 1.91. The standard InChI is InChI=1S/C13H17N5O/c1-17-15-13(14-16-17)9-18-8-4-7-12(19)10-5-2-3-6-11(10)18/h2-3,5-6,12,19H,4,7-9H2,1H3. The lowest BCUT2D eigenvalue weighted by molar-refractivity contribution is 0.168. The van der Waals surface area contributed by atoms with E-state index in [1.165, 1.54) is 4.80 Å². The first-order valence-electron chi connectivity index (χ1n) is 6.49. The van der Waals surface area contributed by atoms with Crippen LogP contribution in [0.2, 0.25) is 0 Å². The number of aryl methyl sites for hydroxylation is 1. The van der Waals surface area contributed by atoms with Gasteiger partial charge in [-0.15, -0.1) is 10.2 Å². The van der Waals surface area contributed by atoms with Gasteiger partial charge in [-0.1, -0.05) is 18.2 Å². The maximum atomic E-state index is 10.2. The van der Waals surface area contributed by atoms with Gasteiger partial charge < -0.3 is 10.0 Å². The van der Waals surface area contributed by atoms with Crippen LogP contribution in [0.5, 0.6) is 0 Å². The van der Waals surface area contributed by atoms with E-state index in [0.29, 0.717) is 12.4 Å². The maximum absolute atomic E-state index is 10.2. The quantitative estimate of drug-likeness (QED) is 0.873. The fraction of sp³-hybridized carbons (Fsp3) is 0.462. The summed E-state index contributed by atoms with van der Waals surface area (Å²) in [5.74, 6) is 0.702. The second-order valence-electron chi connectivity index (χ2n) is 4.83. The van der Waals surface area contributed by atoms with Crippen molar-refractivity contribution in [1.29, 1.82) is 0 Å². The Hall–Kier alpha value is -1.95. The summed E-state index contributed by atoms with van der Waals surface area (Å²) in [4.78, 5) is 3.68. The van der Waals surface area contributed by atoms with Crippen molar-refractivity contribution < 1.29 is 5.11 Å². The molecule has 0 radical (unpaired) electrons. The molecular weight excluding hydrogens is 242 g/mol. The van der Waals surface area contributed by atoms with E-state index in [-0.39, 0.29) is 6.10 Å².